The summed E-state index contributed by atoms with van der Waals surface area (Å²) in [5.41, 5.74) is -0.272. The van der Waals surface area contributed by atoms with Crippen LogP contribution < -0.4 is 0 Å². The van der Waals surface area contributed by atoms with Gasteiger partial charge in [-0.05, 0) is 48.2 Å². The maximum Gasteiger partial charge on any atom is 0.0565 e. The molecule has 0 aromatic heterocycles. The van der Waals surface area contributed by atoms with E-state index in [1.54, 1.807) is 0 Å². The van der Waals surface area contributed by atoms with Crippen LogP contribution in [0.1, 0.15) is 34.1 Å². The average molecular weight is 186 g/mol. The average Bonchev–Trinajstić information content (AvgIpc) is 2.11. The zero-order valence-corrected chi connectivity index (χ0v) is 9.63. The van der Waals surface area contributed by atoms with E-state index in [0.29, 0.717) is 6.04 Å². The lowest BCUT2D eigenvalue weighted by atomic mass is 9.93. The molecule has 0 radical (unpaired) electrons. The van der Waals surface area contributed by atoms with E-state index in [4.69, 9.17) is 0 Å². The van der Waals surface area contributed by atoms with Crippen LogP contribution in [0.2, 0.25) is 0 Å². The molecule has 3 nitrogen and oxygen atoms in total. The lowest BCUT2D eigenvalue weighted by molar-refractivity contribution is -0.196. The first kappa shape index (κ1) is 11.0. The Hall–Kier alpha value is -0.120. The van der Waals surface area contributed by atoms with E-state index in [1.807, 2.05) is 0 Å². The number of nitrogens with zero attached hydrogens (tertiary/aromatic N) is 2. The molecule has 0 amide bonds. The van der Waals surface area contributed by atoms with Crippen molar-refractivity contribution in [1.29, 1.82) is 0 Å². The van der Waals surface area contributed by atoms with E-state index in [-0.39, 0.29) is 11.1 Å². The van der Waals surface area contributed by atoms with Crippen molar-refractivity contribution >= 4 is 0 Å². The quantitative estimate of drug-likeness (QED) is 0.673. The smallest absolute Gasteiger partial charge is 0.0565 e. The van der Waals surface area contributed by atoms with Gasteiger partial charge in [0.05, 0.1) is 5.54 Å². The number of rotatable bonds is 1. The molecular formula is C10H22N2O. The van der Waals surface area contributed by atoms with Gasteiger partial charge >= 0.3 is 0 Å². The molecule has 1 aliphatic heterocycles. The second-order valence-corrected chi connectivity index (χ2v) is 5.46. The fraction of sp³-hybridized carbons (Fsp3) is 1.00. The van der Waals surface area contributed by atoms with Crippen LogP contribution in [0.15, 0.2) is 0 Å². The molecule has 78 valence electrons. The molecule has 0 saturated carbocycles. The van der Waals surface area contributed by atoms with E-state index in [9.17, 15) is 5.21 Å². The van der Waals surface area contributed by atoms with Crippen LogP contribution in [0, 0.1) is 0 Å². The highest BCUT2D eigenvalue weighted by Crippen LogP contribution is 2.40. The predicted molar refractivity (Wildman–Crippen MR) is 53.9 cm³/mol. The second kappa shape index (κ2) is 2.94. The highest BCUT2D eigenvalue weighted by Gasteiger charge is 2.51. The lowest BCUT2D eigenvalue weighted by Crippen LogP contribution is -2.51. The SMILES string of the molecule is CN(C)C1CC(C)(C)N(O)C1(C)C. The van der Waals surface area contributed by atoms with Gasteiger partial charge in [0.25, 0.3) is 0 Å². The monoisotopic (exact) mass is 186 g/mol. The molecule has 0 aromatic carbocycles. The van der Waals surface area contributed by atoms with E-state index in [2.05, 4.69) is 46.7 Å². The van der Waals surface area contributed by atoms with Crippen molar-refractivity contribution in [2.75, 3.05) is 14.1 Å². The predicted octanol–water partition coefficient (Wildman–Crippen LogP) is 1.57. The van der Waals surface area contributed by atoms with Gasteiger partial charge in [0, 0.05) is 11.6 Å². The van der Waals surface area contributed by atoms with Crippen molar-refractivity contribution in [2.45, 2.75) is 51.2 Å². The first-order chi connectivity index (χ1) is 5.69. The van der Waals surface area contributed by atoms with Gasteiger partial charge in [0.15, 0.2) is 0 Å². The molecule has 0 spiro atoms. The van der Waals surface area contributed by atoms with Crippen molar-refractivity contribution in [3.8, 4) is 0 Å². The molecule has 1 saturated heterocycles. The Morgan fingerprint density at radius 2 is 1.69 bits per heavy atom. The van der Waals surface area contributed by atoms with E-state index in [0.717, 1.165) is 6.42 Å². The normalized spacial score (nSPS) is 32.8. The van der Waals surface area contributed by atoms with E-state index < -0.39 is 0 Å². The Kier molecular flexibility index (Phi) is 2.48. The summed E-state index contributed by atoms with van der Waals surface area (Å²) in [5.74, 6) is 0. The van der Waals surface area contributed by atoms with Gasteiger partial charge < -0.3 is 10.1 Å². The van der Waals surface area contributed by atoms with Gasteiger partial charge in [-0.25, -0.2) is 0 Å². The van der Waals surface area contributed by atoms with Crippen LogP contribution in [-0.4, -0.2) is 46.4 Å². The van der Waals surface area contributed by atoms with Gasteiger partial charge in [-0.2, -0.15) is 5.06 Å². The van der Waals surface area contributed by atoms with Crippen molar-refractivity contribution in [1.82, 2.24) is 9.96 Å². The third-order valence-corrected chi connectivity index (χ3v) is 3.25. The topological polar surface area (TPSA) is 26.7 Å². The summed E-state index contributed by atoms with van der Waals surface area (Å²) in [4.78, 5) is 2.19. The largest absolute Gasteiger partial charge is 0.313 e. The third-order valence-electron chi connectivity index (χ3n) is 3.25. The first-order valence-corrected chi connectivity index (χ1v) is 4.85. The third kappa shape index (κ3) is 1.60. The van der Waals surface area contributed by atoms with Gasteiger partial charge in [-0.1, -0.05) is 0 Å². The molecule has 1 aliphatic rings. The van der Waals surface area contributed by atoms with Crippen molar-refractivity contribution in [2.24, 2.45) is 0 Å². The minimum absolute atomic E-state index is 0.113. The summed E-state index contributed by atoms with van der Waals surface area (Å²) in [7, 11) is 4.14. The van der Waals surface area contributed by atoms with Crippen molar-refractivity contribution in [3.63, 3.8) is 0 Å². The highest BCUT2D eigenvalue weighted by atomic mass is 16.5. The molecular weight excluding hydrogens is 164 g/mol. The van der Waals surface area contributed by atoms with Crippen LogP contribution in [0.5, 0.6) is 0 Å². The molecule has 1 heterocycles. The Morgan fingerprint density at radius 3 is 1.85 bits per heavy atom. The molecule has 13 heavy (non-hydrogen) atoms. The standard InChI is InChI=1S/C10H22N2O/c1-9(2)7-8(11(5)6)10(3,4)12(9)13/h8,13H,7H2,1-6H3. The minimum Gasteiger partial charge on any atom is -0.313 e. The van der Waals surface area contributed by atoms with Gasteiger partial charge in [-0.15, -0.1) is 0 Å². The number of hydroxylamine groups is 2. The Morgan fingerprint density at radius 1 is 1.23 bits per heavy atom. The number of hydrogen-bond acceptors (Lipinski definition) is 3. The van der Waals surface area contributed by atoms with Crippen LogP contribution >= 0.6 is 0 Å². The molecule has 1 atom stereocenters. The fourth-order valence-electron chi connectivity index (χ4n) is 2.55. The van der Waals surface area contributed by atoms with Crippen molar-refractivity contribution < 1.29 is 5.21 Å². The summed E-state index contributed by atoms with van der Waals surface area (Å²) in [5, 5.41) is 11.5. The first-order valence-electron chi connectivity index (χ1n) is 4.85. The van der Waals surface area contributed by atoms with Crippen molar-refractivity contribution in [3.05, 3.63) is 0 Å². The zero-order chi connectivity index (χ0) is 10.4. The Labute approximate surface area is 81.3 Å². The number of hydrogen-bond donors (Lipinski definition) is 1. The summed E-state index contributed by atoms with van der Waals surface area (Å²) in [6.45, 7) is 8.34. The summed E-state index contributed by atoms with van der Waals surface area (Å²) >= 11 is 0. The second-order valence-electron chi connectivity index (χ2n) is 5.46. The maximum atomic E-state index is 10.0. The lowest BCUT2D eigenvalue weighted by Gasteiger charge is -2.37. The Balaban J connectivity index is 2.93. The molecule has 3 heteroatoms. The molecule has 1 unspecified atom stereocenters. The van der Waals surface area contributed by atoms with Gasteiger partial charge in [0.1, 0.15) is 0 Å². The summed E-state index contributed by atoms with van der Waals surface area (Å²) in [6, 6.07) is 0.410. The van der Waals surface area contributed by atoms with Crippen LogP contribution in [0.25, 0.3) is 0 Å². The van der Waals surface area contributed by atoms with E-state index in [1.165, 1.54) is 5.06 Å². The number of likely N-dealkylation sites (N-methyl/N-ethyl adjacent to an activating group) is 1. The van der Waals surface area contributed by atoms with Crippen LogP contribution in [0.3, 0.4) is 0 Å². The van der Waals surface area contributed by atoms with Crippen LogP contribution in [-0.2, 0) is 0 Å². The summed E-state index contributed by atoms with van der Waals surface area (Å²) < 4.78 is 0. The molecule has 1 N–H and O–H groups in total. The maximum absolute atomic E-state index is 10.0. The minimum atomic E-state index is -0.160. The molecule has 0 aliphatic carbocycles. The molecule has 0 aromatic rings. The summed E-state index contributed by atoms with van der Waals surface area (Å²) in [6.07, 6.45) is 1.00. The van der Waals surface area contributed by atoms with Gasteiger partial charge in [0.2, 0.25) is 0 Å². The molecule has 0 bridgehead atoms. The van der Waals surface area contributed by atoms with Gasteiger partial charge in [-0.3, -0.25) is 0 Å². The van der Waals surface area contributed by atoms with Crippen LogP contribution in [0.4, 0.5) is 0 Å². The zero-order valence-electron chi connectivity index (χ0n) is 9.63. The van der Waals surface area contributed by atoms with E-state index >= 15 is 0 Å². The molecule has 1 rings (SSSR count). The highest BCUT2D eigenvalue weighted by molar-refractivity contribution is 5.05. The fourth-order valence-corrected chi connectivity index (χ4v) is 2.55. The Bertz CT molecular complexity index is 199. The molecule has 1 fully saturated rings.